The normalized spacial score (nSPS) is 12.3. The van der Waals surface area contributed by atoms with E-state index in [1.54, 1.807) is 14.0 Å². The molecular formula is C11H22N2O3. The van der Waals surface area contributed by atoms with Crippen LogP contribution in [0.25, 0.3) is 0 Å². The second-order valence-electron chi connectivity index (χ2n) is 3.65. The molecule has 0 bridgehead atoms. The number of likely N-dealkylation sites (N-methyl/N-ethyl adjacent to an activating group) is 2. The molecule has 0 fully saturated rings. The third kappa shape index (κ3) is 5.70. The summed E-state index contributed by atoms with van der Waals surface area (Å²) in [6.07, 6.45) is 0. The maximum absolute atomic E-state index is 11.4. The molecule has 0 aromatic heterocycles. The van der Waals surface area contributed by atoms with E-state index in [9.17, 15) is 9.59 Å². The second kappa shape index (κ2) is 8.10. The minimum atomic E-state index is -0.210. The minimum Gasteiger partial charge on any atom is -0.466 e. The molecule has 0 aliphatic rings. The Kier molecular flexibility index (Phi) is 7.54. The molecule has 1 N–H and O–H groups in total. The van der Waals surface area contributed by atoms with E-state index >= 15 is 0 Å². The van der Waals surface area contributed by atoms with E-state index in [0.29, 0.717) is 19.7 Å². The summed E-state index contributed by atoms with van der Waals surface area (Å²) in [5.41, 5.74) is 0. The molecule has 5 heteroatoms. The molecule has 0 heterocycles. The van der Waals surface area contributed by atoms with Crippen LogP contribution in [0.2, 0.25) is 0 Å². The molecule has 1 atom stereocenters. The highest BCUT2D eigenvalue weighted by Gasteiger charge is 2.18. The molecule has 0 saturated heterocycles. The van der Waals surface area contributed by atoms with Crippen LogP contribution in [0.1, 0.15) is 20.8 Å². The molecular weight excluding hydrogens is 208 g/mol. The average molecular weight is 230 g/mol. The van der Waals surface area contributed by atoms with Crippen LogP contribution < -0.4 is 5.32 Å². The molecule has 5 nitrogen and oxygen atoms in total. The number of carbonyl (C=O) groups excluding carboxylic acids is 2. The van der Waals surface area contributed by atoms with Gasteiger partial charge in [-0.25, -0.2) is 0 Å². The molecule has 0 rings (SSSR count). The predicted molar refractivity (Wildman–Crippen MR) is 62.0 cm³/mol. The van der Waals surface area contributed by atoms with Gasteiger partial charge in [0, 0.05) is 13.6 Å². The summed E-state index contributed by atoms with van der Waals surface area (Å²) in [4.78, 5) is 24.5. The zero-order valence-electron chi connectivity index (χ0n) is 10.6. The number of carbonyl (C=O) groups is 2. The zero-order chi connectivity index (χ0) is 12.6. The lowest BCUT2D eigenvalue weighted by Gasteiger charge is -2.22. The summed E-state index contributed by atoms with van der Waals surface area (Å²) < 4.78 is 4.91. The first-order valence-corrected chi connectivity index (χ1v) is 5.64. The Morgan fingerprint density at radius 3 is 2.44 bits per heavy atom. The largest absolute Gasteiger partial charge is 0.466 e. The van der Waals surface area contributed by atoms with E-state index in [1.165, 1.54) is 0 Å². The molecule has 0 aromatic carbocycles. The first-order chi connectivity index (χ1) is 7.54. The third-order valence-electron chi connectivity index (χ3n) is 2.31. The molecule has 0 aliphatic heterocycles. The molecule has 1 amide bonds. The van der Waals surface area contributed by atoms with Gasteiger partial charge >= 0.3 is 5.97 Å². The van der Waals surface area contributed by atoms with Gasteiger partial charge in [-0.3, -0.25) is 14.5 Å². The van der Waals surface area contributed by atoms with Crippen molar-refractivity contribution in [3.05, 3.63) is 0 Å². The summed E-state index contributed by atoms with van der Waals surface area (Å²) >= 11 is 0. The highest BCUT2D eigenvalue weighted by Crippen LogP contribution is 2.02. The molecule has 16 heavy (non-hydrogen) atoms. The fourth-order valence-corrected chi connectivity index (χ4v) is 1.33. The Balaban J connectivity index is 4.10. The summed E-state index contributed by atoms with van der Waals surface area (Å²) in [6.45, 7) is 7.54. The van der Waals surface area contributed by atoms with Gasteiger partial charge in [-0.1, -0.05) is 13.8 Å². The van der Waals surface area contributed by atoms with Crippen LogP contribution in [-0.4, -0.2) is 50.1 Å². The van der Waals surface area contributed by atoms with Crippen molar-refractivity contribution in [3.8, 4) is 0 Å². The molecule has 0 radical (unpaired) electrons. The Morgan fingerprint density at radius 2 is 2.00 bits per heavy atom. The Hall–Kier alpha value is -1.10. The SMILES string of the molecule is CCOC(=O)C(C)CN(CC)CC(=O)NC. The lowest BCUT2D eigenvalue weighted by atomic mass is 10.1. The molecule has 0 spiro atoms. The van der Waals surface area contributed by atoms with E-state index in [-0.39, 0.29) is 17.8 Å². The smallest absolute Gasteiger partial charge is 0.309 e. The van der Waals surface area contributed by atoms with E-state index in [1.807, 2.05) is 18.7 Å². The number of hydrogen-bond donors (Lipinski definition) is 1. The Bertz CT molecular complexity index is 231. The number of esters is 1. The molecule has 0 aliphatic carbocycles. The van der Waals surface area contributed by atoms with Gasteiger partial charge in [0.05, 0.1) is 19.1 Å². The van der Waals surface area contributed by atoms with Gasteiger partial charge < -0.3 is 10.1 Å². The second-order valence-corrected chi connectivity index (χ2v) is 3.65. The molecule has 0 aromatic rings. The van der Waals surface area contributed by atoms with Crippen molar-refractivity contribution in [2.24, 2.45) is 5.92 Å². The lowest BCUT2D eigenvalue weighted by molar-refractivity contribution is -0.148. The van der Waals surface area contributed by atoms with Gasteiger partial charge in [0.1, 0.15) is 0 Å². The predicted octanol–water partition coefficient (Wildman–Crippen LogP) is 0.254. The van der Waals surface area contributed by atoms with Gasteiger partial charge in [-0.05, 0) is 13.5 Å². The monoisotopic (exact) mass is 230 g/mol. The maximum Gasteiger partial charge on any atom is 0.309 e. The number of amides is 1. The van der Waals surface area contributed by atoms with Crippen molar-refractivity contribution in [2.75, 3.05) is 33.3 Å². The van der Waals surface area contributed by atoms with E-state index in [0.717, 1.165) is 6.54 Å². The topological polar surface area (TPSA) is 58.6 Å². The summed E-state index contributed by atoms with van der Waals surface area (Å²) in [6, 6.07) is 0. The van der Waals surface area contributed by atoms with Crippen molar-refractivity contribution in [1.82, 2.24) is 10.2 Å². The number of rotatable bonds is 7. The summed E-state index contributed by atoms with van der Waals surface area (Å²) in [5.74, 6) is -0.458. The minimum absolute atomic E-state index is 0.0436. The highest BCUT2D eigenvalue weighted by atomic mass is 16.5. The van der Waals surface area contributed by atoms with Gasteiger partial charge in [0.2, 0.25) is 5.91 Å². The summed E-state index contributed by atoms with van der Waals surface area (Å²) in [7, 11) is 1.60. The third-order valence-corrected chi connectivity index (χ3v) is 2.31. The Labute approximate surface area is 97.1 Å². The number of hydrogen-bond acceptors (Lipinski definition) is 4. The zero-order valence-corrected chi connectivity index (χ0v) is 10.6. The summed E-state index contributed by atoms with van der Waals surface area (Å²) in [5, 5.41) is 2.56. The van der Waals surface area contributed by atoms with Crippen molar-refractivity contribution < 1.29 is 14.3 Å². The van der Waals surface area contributed by atoms with Gasteiger partial charge in [-0.15, -0.1) is 0 Å². The number of ether oxygens (including phenoxy) is 1. The van der Waals surface area contributed by atoms with Crippen molar-refractivity contribution in [1.29, 1.82) is 0 Å². The maximum atomic E-state index is 11.4. The molecule has 0 saturated carbocycles. The fraction of sp³-hybridized carbons (Fsp3) is 0.818. The van der Waals surface area contributed by atoms with Crippen LogP contribution in [0.5, 0.6) is 0 Å². The quantitative estimate of drug-likeness (QED) is 0.637. The highest BCUT2D eigenvalue weighted by molar-refractivity contribution is 5.77. The van der Waals surface area contributed by atoms with Crippen LogP contribution in [-0.2, 0) is 14.3 Å². The van der Waals surface area contributed by atoms with Crippen LogP contribution >= 0.6 is 0 Å². The van der Waals surface area contributed by atoms with Crippen LogP contribution in [0.15, 0.2) is 0 Å². The standard InChI is InChI=1S/C11H22N2O3/c1-5-13(8-10(14)12-4)7-9(3)11(15)16-6-2/h9H,5-8H2,1-4H3,(H,12,14). The van der Waals surface area contributed by atoms with Crippen LogP contribution in [0.3, 0.4) is 0 Å². The van der Waals surface area contributed by atoms with Crippen molar-refractivity contribution in [2.45, 2.75) is 20.8 Å². The lowest BCUT2D eigenvalue weighted by Crippen LogP contribution is -2.39. The molecule has 94 valence electrons. The number of nitrogens with one attached hydrogen (secondary N) is 1. The Morgan fingerprint density at radius 1 is 1.38 bits per heavy atom. The van der Waals surface area contributed by atoms with Crippen LogP contribution in [0, 0.1) is 5.92 Å². The number of nitrogens with zero attached hydrogens (tertiary/aromatic N) is 1. The first kappa shape index (κ1) is 14.9. The van der Waals surface area contributed by atoms with Crippen LogP contribution in [0.4, 0.5) is 0 Å². The van der Waals surface area contributed by atoms with E-state index < -0.39 is 0 Å². The fourth-order valence-electron chi connectivity index (χ4n) is 1.33. The van der Waals surface area contributed by atoms with Gasteiger partial charge in [-0.2, -0.15) is 0 Å². The van der Waals surface area contributed by atoms with Gasteiger partial charge in [0.15, 0.2) is 0 Å². The van der Waals surface area contributed by atoms with Crippen molar-refractivity contribution >= 4 is 11.9 Å². The van der Waals surface area contributed by atoms with Gasteiger partial charge in [0.25, 0.3) is 0 Å². The average Bonchev–Trinajstić information content (AvgIpc) is 2.27. The molecule has 1 unspecified atom stereocenters. The van der Waals surface area contributed by atoms with Crippen molar-refractivity contribution in [3.63, 3.8) is 0 Å². The van der Waals surface area contributed by atoms with E-state index in [4.69, 9.17) is 4.74 Å². The van der Waals surface area contributed by atoms with E-state index in [2.05, 4.69) is 5.32 Å². The first-order valence-electron chi connectivity index (χ1n) is 5.64.